The second kappa shape index (κ2) is 7.49. The molecule has 1 aliphatic rings. The summed E-state index contributed by atoms with van der Waals surface area (Å²) in [4.78, 5) is 14.4. The number of nitrogens with zero attached hydrogens (tertiary/aromatic N) is 1. The predicted molar refractivity (Wildman–Crippen MR) is 95.0 cm³/mol. The normalized spacial score (nSPS) is 14.7. The van der Waals surface area contributed by atoms with Gasteiger partial charge in [-0.05, 0) is 67.9 Å². The van der Waals surface area contributed by atoms with Gasteiger partial charge in [0.25, 0.3) is 0 Å². The Balaban J connectivity index is 1.52. The summed E-state index contributed by atoms with van der Waals surface area (Å²) in [6, 6.07) is 14.8. The molecule has 4 nitrogen and oxygen atoms in total. The van der Waals surface area contributed by atoms with Gasteiger partial charge in [-0.3, -0.25) is 4.90 Å². The zero-order chi connectivity index (χ0) is 16.1. The largest absolute Gasteiger partial charge is 0.323 e. The molecule has 0 spiro atoms. The number of rotatable bonds is 4. The Kier molecular flexibility index (Phi) is 5.16. The van der Waals surface area contributed by atoms with Crippen LogP contribution in [0.3, 0.4) is 0 Å². The van der Waals surface area contributed by atoms with E-state index in [4.69, 9.17) is 11.6 Å². The highest BCUT2D eigenvalue weighted by Gasteiger charge is 2.11. The molecule has 0 unspecified atom stereocenters. The van der Waals surface area contributed by atoms with Gasteiger partial charge in [-0.1, -0.05) is 23.7 Å². The zero-order valence-corrected chi connectivity index (χ0v) is 13.6. The summed E-state index contributed by atoms with van der Waals surface area (Å²) in [5.41, 5.74) is 2.76. The van der Waals surface area contributed by atoms with Gasteiger partial charge < -0.3 is 10.6 Å². The Morgan fingerprint density at radius 2 is 1.43 bits per heavy atom. The number of carbonyl (C=O) groups excluding carboxylic acids is 1. The third kappa shape index (κ3) is 4.71. The molecule has 0 atom stereocenters. The standard InChI is InChI=1S/C18H20ClN3O/c19-15-5-9-17(10-6-15)21-18(23)20-16-7-3-14(4-8-16)13-22-11-1-2-12-22/h3-10H,1-2,11-13H2,(H2,20,21,23). The molecule has 3 rings (SSSR count). The number of carbonyl (C=O) groups is 1. The molecular formula is C18H20ClN3O. The quantitative estimate of drug-likeness (QED) is 0.862. The monoisotopic (exact) mass is 329 g/mol. The van der Waals surface area contributed by atoms with E-state index in [0.29, 0.717) is 10.7 Å². The molecule has 120 valence electrons. The summed E-state index contributed by atoms with van der Waals surface area (Å²) < 4.78 is 0. The first kappa shape index (κ1) is 15.8. The summed E-state index contributed by atoms with van der Waals surface area (Å²) in [6.45, 7) is 3.35. The van der Waals surface area contributed by atoms with Crippen LogP contribution in [0.4, 0.5) is 16.2 Å². The number of benzene rings is 2. The minimum atomic E-state index is -0.264. The van der Waals surface area contributed by atoms with Crippen LogP contribution in [-0.2, 0) is 6.54 Å². The molecule has 1 fully saturated rings. The molecule has 1 heterocycles. The number of anilines is 2. The molecule has 5 heteroatoms. The van der Waals surface area contributed by atoms with Crippen LogP contribution in [0.2, 0.25) is 5.02 Å². The molecule has 1 saturated heterocycles. The molecule has 0 aliphatic carbocycles. The third-order valence-electron chi connectivity index (χ3n) is 3.92. The van der Waals surface area contributed by atoms with Crippen molar-refractivity contribution in [2.45, 2.75) is 19.4 Å². The SMILES string of the molecule is O=C(Nc1ccc(Cl)cc1)Nc1ccc(CN2CCCC2)cc1. The van der Waals surface area contributed by atoms with Crippen LogP contribution in [0.15, 0.2) is 48.5 Å². The number of hydrogen-bond acceptors (Lipinski definition) is 2. The number of urea groups is 1. The highest BCUT2D eigenvalue weighted by atomic mass is 35.5. The second-order valence-electron chi connectivity index (χ2n) is 5.77. The smallest absolute Gasteiger partial charge is 0.308 e. The minimum Gasteiger partial charge on any atom is -0.308 e. The fraction of sp³-hybridized carbons (Fsp3) is 0.278. The third-order valence-corrected chi connectivity index (χ3v) is 4.17. The van der Waals surface area contributed by atoms with Crippen molar-refractivity contribution in [1.29, 1.82) is 0 Å². The molecule has 2 amide bonds. The van der Waals surface area contributed by atoms with Crippen molar-refractivity contribution in [3.63, 3.8) is 0 Å². The zero-order valence-electron chi connectivity index (χ0n) is 12.9. The Morgan fingerprint density at radius 3 is 2.00 bits per heavy atom. The summed E-state index contributed by atoms with van der Waals surface area (Å²) >= 11 is 5.82. The van der Waals surface area contributed by atoms with Crippen LogP contribution in [0, 0.1) is 0 Å². The Morgan fingerprint density at radius 1 is 0.913 bits per heavy atom. The van der Waals surface area contributed by atoms with E-state index < -0.39 is 0 Å². The lowest BCUT2D eigenvalue weighted by atomic mass is 10.2. The van der Waals surface area contributed by atoms with E-state index in [1.165, 1.54) is 31.5 Å². The van der Waals surface area contributed by atoms with Crippen molar-refractivity contribution >= 4 is 29.0 Å². The lowest BCUT2D eigenvalue weighted by Crippen LogP contribution is -2.20. The first-order chi connectivity index (χ1) is 11.2. The predicted octanol–water partition coefficient (Wildman–Crippen LogP) is 4.58. The highest BCUT2D eigenvalue weighted by Crippen LogP contribution is 2.16. The molecule has 0 radical (unpaired) electrons. The minimum absolute atomic E-state index is 0.264. The average Bonchev–Trinajstić information content (AvgIpc) is 3.04. The summed E-state index contributed by atoms with van der Waals surface area (Å²) in [5.74, 6) is 0. The Hall–Kier alpha value is -2.04. The van der Waals surface area contributed by atoms with Gasteiger partial charge in [-0.25, -0.2) is 4.79 Å². The fourth-order valence-electron chi connectivity index (χ4n) is 2.72. The highest BCUT2D eigenvalue weighted by molar-refractivity contribution is 6.30. The van der Waals surface area contributed by atoms with E-state index in [1.807, 2.05) is 12.1 Å². The number of halogens is 1. The fourth-order valence-corrected chi connectivity index (χ4v) is 2.85. The van der Waals surface area contributed by atoms with E-state index in [9.17, 15) is 4.79 Å². The van der Waals surface area contributed by atoms with Gasteiger partial charge in [0.2, 0.25) is 0 Å². The summed E-state index contributed by atoms with van der Waals surface area (Å²) in [5, 5.41) is 6.25. The molecular weight excluding hydrogens is 310 g/mol. The maximum absolute atomic E-state index is 12.0. The van der Waals surface area contributed by atoms with Crippen molar-refractivity contribution in [3.8, 4) is 0 Å². The molecule has 1 aliphatic heterocycles. The Labute approximate surface area is 141 Å². The van der Waals surface area contributed by atoms with Gasteiger partial charge in [0.05, 0.1) is 0 Å². The Bertz CT molecular complexity index is 649. The maximum atomic E-state index is 12.0. The second-order valence-corrected chi connectivity index (χ2v) is 6.20. The van der Waals surface area contributed by atoms with Crippen molar-refractivity contribution < 1.29 is 4.79 Å². The van der Waals surface area contributed by atoms with Crippen LogP contribution < -0.4 is 10.6 Å². The number of nitrogens with one attached hydrogen (secondary N) is 2. The molecule has 2 N–H and O–H groups in total. The molecule has 0 saturated carbocycles. The lowest BCUT2D eigenvalue weighted by Gasteiger charge is -2.15. The number of hydrogen-bond donors (Lipinski definition) is 2. The van der Waals surface area contributed by atoms with Crippen molar-refractivity contribution in [3.05, 3.63) is 59.1 Å². The first-order valence-electron chi connectivity index (χ1n) is 7.84. The van der Waals surface area contributed by atoms with Crippen molar-refractivity contribution in [2.24, 2.45) is 0 Å². The number of amides is 2. The molecule has 2 aromatic rings. The van der Waals surface area contributed by atoms with Crippen LogP contribution in [0.1, 0.15) is 18.4 Å². The molecule has 0 bridgehead atoms. The van der Waals surface area contributed by atoms with Crippen molar-refractivity contribution in [2.75, 3.05) is 23.7 Å². The lowest BCUT2D eigenvalue weighted by molar-refractivity contribution is 0.262. The van der Waals surface area contributed by atoms with Crippen LogP contribution in [0.25, 0.3) is 0 Å². The first-order valence-corrected chi connectivity index (χ1v) is 8.22. The van der Waals surface area contributed by atoms with Gasteiger partial charge in [0.15, 0.2) is 0 Å². The topological polar surface area (TPSA) is 44.4 Å². The van der Waals surface area contributed by atoms with Crippen LogP contribution in [0.5, 0.6) is 0 Å². The van der Waals surface area contributed by atoms with Gasteiger partial charge in [0.1, 0.15) is 0 Å². The van der Waals surface area contributed by atoms with E-state index in [1.54, 1.807) is 24.3 Å². The van der Waals surface area contributed by atoms with Crippen molar-refractivity contribution in [1.82, 2.24) is 4.90 Å². The average molecular weight is 330 g/mol. The number of likely N-dealkylation sites (tertiary alicyclic amines) is 1. The molecule has 2 aromatic carbocycles. The van der Waals surface area contributed by atoms with Gasteiger partial charge >= 0.3 is 6.03 Å². The van der Waals surface area contributed by atoms with E-state index in [0.717, 1.165) is 12.2 Å². The maximum Gasteiger partial charge on any atom is 0.323 e. The van der Waals surface area contributed by atoms with E-state index >= 15 is 0 Å². The van der Waals surface area contributed by atoms with Gasteiger partial charge in [0, 0.05) is 22.9 Å². The molecule has 23 heavy (non-hydrogen) atoms. The van der Waals surface area contributed by atoms with E-state index in [-0.39, 0.29) is 6.03 Å². The van der Waals surface area contributed by atoms with Crippen LogP contribution >= 0.6 is 11.6 Å². The summed E-state index contributed by atoms with van der Waals surface area (Å²) in [7, 11) is 0. The van der Waals surface area contributed by atoms with Crippen LogP contribution in [-0.4, -0.2) is 24.0 Å². The van der Waals surface area contributed by atoms with Gasteiger partial charge in [-0.2, -0.15) is 0 Å². The molecule has 0 aromatic heterocycles. The van der Waals surface area contributed by atoms with Gasteiger partial charge in [-0.15, -0.1) is 0 Å². The summed E-state index contributed by atoms with van der Waals surface area (Å²) in [6.07, 6.45) is 2.59. The van der Waals surface area contributed by atoms with E-state index in [2.05, 4.69) is 27.7 Å².